The largest absolute Gasteiger partial charge is 0.467 e. The molecule has 0 radical (unpaired) electrons. The molecule has 2 atom stereocenters. The summed E-state index contributed by atoms with van der Waals surface area (Å²) in [6, 6.07) is 7.28. The number of carbonyl (C=O) groups excluding carboxylic acids is 2. The monoisotopic (exact) mass is 290 g/mol. The predicted octanol–water partition coefficient (Wildman–Crippen LogP) is 1.19. The Morgan fingerprint density at radius 1 is 1.33 bits per heavy atom. The van der Waals surface area contributed by atoms with Crippen LogP contribution in [0.4, 0.5) is 0 Å². The van der Waals surface area contributed by atoms with Crippen LogP contribution in [-0.4, -0.2) is 31.6 Å². The molecule has 1 aromatic carbocycles. The maximum Gasteiger partial charge on any atom is 0.328 e. The number of hydrogen-bond donors (Lipinski definition) is 2. The van der Waals surface area contributed by atoms with Crippen LogP contribution in [0.3, 0.4) is 0 Å². The van der Waals surface area contributed by atoms with Crippen LogP contribution in [0.2, 0.25) is 0 Å². The number of rotatable bonds is 4. The third-order valence-corrected chi connectivity index (χ3v) is 3.83. The highest BCUT2D eigenvalue weighted by Gasteiger charge is 2.31. The second-order valence-corrected chi connectivity index (χ2v) is 5.64. The maximum atomic E-state index is 12.5. The number of ether oxygens (including phenoxy) is 1. The standard InChI is InChI=1S/C16H22N2O3/c1-10(2)14(16(20)21-3)18-15(19)13-9-17-8-11-6-4-5-7-12(11)13/h4-7,10,13-14,17H,8-9H2,1-3H3,(H,18,19). The molecule has 2 rings (SSSR count). The molecule has 1 aliphatic heterocycles. The van der Waals surface area contributed by atoms with E-state index < -0.39 is 12.0 Å². The van der Waals surface area contributed by atoms with Crippen LogP contribution in [0.1, 0.15) is 30.9 Å². The van der Waals surface area contributed by atoms with Crippen molar-refractivity contribution in [2.45, 2.75) is 32.4 Å². The molecule has 0 aromatic heterocycles. The zero-order valence-electron chi connectivity index (χ0n) is 12.7. The lowest BCUT2D eigenvalue weighted by Gasteiger charge is -2.28. The molecule has 0 saturated heterocycles. The number of carbonyl (C=O) groups is 2. The average molecular weight is 290 g/mol. The van der Waals surface area contributed by atoms with Gasteiger partial charge in [0, 0.05) is 13.1 Å². The second kappa shape index (κ2) is 6.72. The van der Waals surface area contributed by atoms with E-state index in [0.29, 0.717) is 6.54 Å². The number of amides is 1. The van der Waals surface area contributed by atoms with E-state index in [0.717, 1.165) is 17.7 Å². The summed E-state index contributed by atoms with van der Waals surface area (Å²) in [6.07, 6.45) is 0. The SMILES string of the molecule is COC(=O)C(NC(=O)C1CNCc2ccccc21)C(C)C. The molecule has 1 aliphatic rings. The Bertz CT molecular complexity index is 528. The van der Waals surface area contributed by atoms with E-state index in [9.17, 15) is 9.59 Å². The molecule has 21 heavy (non-hydrogen) atoms. The van der Waals surface area contributed by atoms with Crippen LogP contribution in [0, 0.1) is 5.92 Å². The number of fused-ring (bicyclic) bond motifs is 1. The van der Waals surface area contributed by atoms with Crippen LogP contribution in [0.25, 0.3) is 0 Å². The molecule has 1 amide bonds. The molecule has 114 valence electrons. The van der Waals surface area contributed by atoms with Crippen molar-refractivity contribution in [3.05, 3.63) is 35.4 Å². The van der Waals surface area contributed by atoms with Gasteiger partial charge >= 0.3 is 5.97 Å². The lowest BCUT2D eigenvalue weighted by atomic mass is 9.89. The predicted molar refractivity (Wildman–Crippen MR) is 79.7 cm³/mol. The minimum Gasteiger partial charge on any atom is -0.467 e. The fourth-order valence-corrected chi connectivity index (χ4v) is 2.61. The minimum absolute atomic E-state index is 0.0202. The van der Waals surface area contributed by atoms with Crippen LogP contribution in [0.5, 0.6) is 0 Å². The Kier molecular flexibility index (Phi) is 4.96. The maximum absolute atomic E-state index is 12.5. The summed E-state index contributed by atoms with van der Waals surface area (Å²) in [5, 5.41) is 6.06. The van der Waals surface area contributed by atoms with E-state index >= 15 is 0 Å². The molecule has 0 fully saturated rings. The van der Waals surface area contributed by atoms with Gasteiger partial charge in [-0.2, -0.15) is 0 Å². The van der Waals surface area contributed by atoms with Gasteiger partial charge in [-0.3, -0.25) is 4.79 Å². The number of esters is 1. The summed E-state index contributed by atoms with van der Waals surface area (Å²) in [6.45, 7) is 5.11. The Balaban J connectivity index is 2.16. The Labute approximate surface area is 125 Å². The highest BCUT2D eigenvalue weighted by atomic mass is 16.5. The lowest BCUT2D eigenvalue weighted by Crippen LogP contribution is -2.49. The van der Waals surface area contributed by atoms with Crippen molar-refractivity contribution in [1.82, 2.24) is 10.6 Å². The third-order valence-electron chi connectivity index (χ3n) is 3.83. The number of benzene rings is 1. The highest BCUT2D eigenvalue weighted by Crippen LogP contribution is 2.24. The Morgan fingerprint density at radius 2 is 2.05 bits per heavy atom. The quantitative estimate of drug-likeness (QED) is 0.817. The van der Waals surface area contributed by atoms with E-state index in [1.807, 2.05) is 38.1 Å². The first-order valence-corrected chi connectivity index (χ1v) is 7.21. The molecule has 0 saturated carbocycles. The molecule has 2 unspecified atom stereocenters. The summed E-state index contributed by atoms with van der Waals surface area (Å²) < 4.78 is 4.76. The number of methoxy groups -OCH3 is 1. The topological polar surface area (TPSA) is 67.4 Å². The van der Waals surface area contributed by atoms with Crippen molar-refractivity contribution in [2.24, 2.45) is 5.92 Å². The average Bonchev–Trinajstić information content (AvgIpc) is 2.50. The molecule has 5 nitrogen and oxygen atoms in total. The zero-order valence-corrected chi connectivity index (χ0v) is 12.7. The van der Waals surface area contributed by atoms with Gasteiger partial charge in [0.2, 0.25) is 5.91 Å². The van der Waals surface area contributed by atoms with Crippen molar-refractivity contribution < 1.29 is 14.3 Å². The number of hydrogen-bond acceptors (Lipinski definition) is 4. The van der Waals surface area contributed by atoms with Crippen LogP contribution in [0.15, 0.2) is 24.3 Å². The van der Waals surface area contributed by atoms with E-state index in [1.165, 1.54) is 7.11 Å². The Morgan fingerprint density at radius 3 is 2.71 bits per heavy atom. The van der Waals surface area contributed by atoms with Crippen molar-refractivity contribution in [3.63, 3.8) is 0 Å². The smallest absolute Gasteiger partial charge is 0.328 e. The number of nitrogens with one attached hydrogen (secondary N) is 2. The van der Waals surface area contributed by atoms with Gasteiger partial charge in [0.25, 0.3) is 0 Å². The van der Waals surface area contributed by atoms with Crippen LogP contribution < -0.4 is 10.6 Å². The van der Waals surface area contributed by atoms with Crippen molar-refractivity contribution in [3.8, 4) is 0 Å². The first kappa shape index (κ1) is 15.5. The fourth-order valence-electron chi connectivity index (χ4n) is 2.61. The van der Waals surface area contributed by atoms with Gasteiger partial charge in [0.15, 0.2) is 0 Å². The van der Waals surface area contributed by atoms with Crippen molar-refractivity contribution in [2.75, 3.05) is 13.7 Å². The molecule has 0 bridgehead atoms. The van der Waals surface area contributed by atoms with Crippen LogP contribution in [-0.2, 0) is 20.9 Å². The van der Waals surface area contributed by atoms with Gasteiger partial charge in [0.05, 0.1) is 13.0 Å². The molecule has 2 N–H and O–H groups in total. The van der Waals surface area contributed by atoms with Gasteiger partial charge in [-0.15, -0.1) is 0 Å². The lowest BCUT2D eigenvalue weighted by molar-refractivity contribution is -0.146. The van der Waals surface area contributed by atoms with Crippen molar-refractivity contribution >= 4 is 11.9 Å². The van der Waals surface area contributed by atoms with E-state index in [1.54, 1.807) is 0 Å². The first-order valence-electron chi connectivity index (χ1n) is 7.21. The Hall–Kier alpha value is -1.88. The molecular weight excluding hydrogens is 268 g/mol. The van der Waals surface area contributed by atoms with E-state index in [2.05, 4.69) is 10.6 Å². The zero-order chi connectivity index (χ0) is 15.4. The normalized spacial score (nSPS) is 18.8. The molecule has 0 spiro atoms. The minimum atomic E-state index is -0.614. The van der Waals surface area contributed by atoms with Crippen LogP contribution >= 0.6 is 0 Å². The van der Waals surface area contributed by atoms with Gasteiger partial charge in [0.1, 0.15) is 6.04 Å². The van der Waals surface area contributed by atoms with E-state index in [-0.39, 0.29) is 17.7 Å². The molecule has 1 heterocycles. The summed E-state index contributed by atoms with van der Waals surface area (Å²) in [5.74, 6) is -0.844. The summed E-state index contributed by atoms with van der Waals surface area (Å²) in [4.78, 5) is 24.3. The molecule has 5 heteroatoms. The van der Waals surface area contributed by atoms with Gasteiger partial charge < -0.3 is 15.4 Å². The summed E-state index contributed by atoms with van der Waals surface area (Å²) in [7, 11) is 1.33. The van der Waals surface area contributed by atoms with Crippen molar-refractivity contribution in [1.29, 1.82) is 0 Å². The molecule has 0 aliphatic carbocycles. The van der Waals surface area contributed by atoms with Gasteiger partial charge in [-0.1, -0.05) is 38.1 Å². The van der Waals surface area contributed by atoms with Gasteiger partial charge in [-0.25, -0.2) is 4.79 Å². The van der Waals surface area contributed by atoms with E-state index in [4.69, 9.17) is 4.74 Å². The summed E-state index contributed by atoms with van der Waals surface area (Å²) in [5.41, 5.74) is 2.16. The molecular formula is C16H22N2O3. The first-order chi connectivity index (χ1) is 10.0. The molecule has 1 aromatic rings. The highest BCUT2D eigenvalue weighted by molar-refractivity contribution is 5.89. The third kappa shape index (κ3) is 3.42. The van der Waals surface area contributed by atoms with Gasteiger partial charge in [-0.05, 0) is 17.0 Å². The fraction of sp³-hybridized carbons (Fsp3) is 0.500. The second-order valence-electron chi connectivity index (χ2n) is 5.64. The summed E-state index contributed by atoms with van der Waals surface area (Å²) >= 11 is 0.